The number of fused-ring (bicyclic) bond motifs is 1. The molecule has 0 N–H and O–H groups in total. The van der Waals surface area contributed by atoms with Crippen molar-refractivity contribution in [3.05, 3.63) is 70.8 Å². The fourth-order valence-electron chi connectivity index (χ4n) is 3.27. The number of carbonyl (C=O) groups is 4. The Morgan fingerprint density at radius 1 is 1.00 bits per heavy atom. The lowest BCUT2D eigenvalue weighted by atomic mass is 10.0. The molecule has 156 valence electrons. The van der Waals surface area contributed by atoms with E-state index in [1.165, 1.54) is 12.1 Å². The summed E-state index contributed by atoms with van der Waals surface area (Å²) in [6.07, 6.45) is 0.118. The first-order chi connectivity index (χ1) is 14.2. The van der Waals surface area contributed by atoms with E-state index in [2.05, 4.69) is 0 Å². The first-order valence-electron chi connectivity index (χ1n) is 9.32. The molecule has 2 aromatic carbocycles. The molecule has 2 aromatic rings. The number of hydrogen-bond donors (Lipinski definition) is 0. The van der Waals surface area contributed by atoms with Gasteiger partial charge in [0.15, 0.2) is 6.61 Å². The van der Waals surface area contributed by atoms with Gasteiger partial charge in [0.05, 0.1) is 16.7 Å². The molecule has 3 rings (SSSR count). The van der Waals surface area contributed by atoms with Crippen molar-refractivity contribution in [2.45, 2.75) is 26.3 Å². The molecule has 0 fully saturated rings. The van der Waals surface area contributed by atoms with E-state index in [-0.39, 0.29) is 23.5 Å². The van der Waals surface area contributed by atoms with Gasteiger partial charge < -0.3 is 4.74 Å². The number of halogens is 2. The summed E-state index contributed by atoms with van der Waals surface area (Å²) >= 11 is 0. The summed E-state index contributed by atoms with van der Waals surface area (Å²) in [4.78, 5) is 51.1. The minimum Gasteiger partial charge on any atom is -0.456 e. The number of carbonyl (C=O) groups excluding carboxylic acids is 4. The molecule has 0 radical (unpaired) electrons. The summed E-state index contributed by atoms with van der Waals surface area (Å²) in [5.74, 6) is -5.00. The second-order valence-electron chi connectivity index (χ2n) is 7.33. The van der Waals surface area contributed by atoms with Gasteiger partial charge in [-0.15, -0.1) is 0 Å². The van der Waals surface area contributed by atoms with Crippen LogP contribution in [0.15, 0.2) is 42.5 Å². The van der Waals surface area contributed by atoms with E-state index in [0.29, 0.717) is 6.07 Å². The van der Waals surface area contributed by atoms with Gasteiger partial charge >= 0.3 is 5.97 Å². The van der Waals surface area contributed by atoms with Gasteiger partial charge in [-0.05, 0) is 42.7 Å². The van der Waals surface area contributed by atoms with E-state index in [0.717, 1.165) is 17.0 Å². The number of nitrogens with zero attached hydrogens (tertiary/aromatic N) is 1. The first kappa shape index (κ1) is 21.3. The molecule has 30 heavy (non-hydrogen) atoms. The SMILES string of the molecule is CC(C)C[C@H](C(=O)OCC(=O)c1cc(F)ccc1F)N1C(=O)c2ccccc2C1=O. The van der Waals surface area contributed by atoms with Crippen LogP contribution in [0, 0.1) is 17.6 Å². The lowest BCUT2D eigenvalue weighted by Gasteiger charge is -2.25. The molecule has 0 saturated heterocycles. The Labute approximate surface area is 171 Å². The molecule has 0 aromatic heterocycles. The smallest absolute Gasteiger partial charge is 0.329 e. The highest BCUT2D eigenvalue weighted by molar-refractivity contribution is 6.22. The van der Waals surface area contributed by atoms with Crippen LogP contribution in [0.5, 0.6) is 0 Å². The van der Waals surface area contributed by atoms with Crippen molar-refractivity contribution in [2.75, 3.05) is 6.61 Å². The number of ether oxygens (including phenoxy) is 1. The molecule has 1 atom stereocenters. The average Bonchev–Trinajstić information content (AvgIpc) is 2.96. The van der Waals surface area contributed by atoms with E-state index in [4.69, 9.17) is 4.74 Å². The fraction of sp³-hybridized carbons (Fsp3) is 0.273. The van der Waals surface area contributed by atoms with Crippen molar-refractivity contribution in [2.24, 2.45) is 5.92 Å². The van der Waals surface area contributed by atoms with Crippen LogP contribution in [0.4, 0.5) is 8.78 Å². The second-order valence-corrected chi connectivity index (χ2v) is 7.33. The highest BCUT2D eigenvalue weighted by Crippen LogP contribution is 2.27. The molecule has 0 spiro atoms. The molecular formula is C22H19F2NO5. The van der Waals surface area contributed by atoms with Gasteiger partial charge in [0.2, 0.25) is 5.78 Å². The van der Waals surface area contributed by atoms with Gasteiger partial charge in [-0.3, -0.25) is 19.3 Å². The molecular weight excluding hydrogens is 396 g/mol. The van der Waals surface area contributed by atoms with Crippen LogP contribution < -0.4 is 0 Å². The Hall–Kier alpha value is -3.42. The zero-order valence-electron chi connectivity index (χ0n) is 16.4. The highest BCUT2D eigenvalue weighted by atomic mass is 19.1. The number of hydrogen-bond acceptors (Lipinski definition) is 5. The van der Waals surface area contributed by atoms with E-state index >= 15 is 0 Å². The third-order valence-electron chi connectivity index (χ3n) is 4.68. The summed E-state index contributed by atoms with van der Waals surface area (Å²) in [7, 11) is 0. The zero-order chi connectivity index (χ0) is 22.0. The molecule has 0 aliphatic carbocycles. The number of imide groups is 1. The lowest BCUT2D eigenvalue weighted by Crippen LogP contribution is -2.46. The van der Waals surface area contributed by atoms with Crippen LogP contribution >= 0.6 is 0 Å². The Balaban J connectivity index is 1.79. The topological polar surface area (TPSA) is 80.8 Å². The molecule has 6 nitrogen and oxygen atoms in total. The summed E-state index contributed by atoms with van der Waals surface area (Å²) in [6, 6.07) is 7.31. The van der Waals surface area contributed by atoms with Crippen molar-refractivity contribution >= 4 is 23.6 Å². The summed E-state index contributed by atoms with van der Waals surface area (Å²) in [6.45, 7) is 2.74. The second kappa shape index (κ2) is 8.52. The van der Waals surface area contributed by atoms with E-state index in [9.17, 15) is 28.0 Å². The van der Waals surface area contributed by atoms with Crippen molar-refractivity contribution in [3.63, 3.8) is 0 Å². The van der Waals surface area contributed by atoms with E-state index in [1.807, 2.05) is 0 Å². The van der Waals surface area contributed by atoms with Crippen molar-refractivity contribution in [1.82, 2.24) is 4.90 Å². The average molecular weight is 415 g/mol. The molecule has 0 bridgehead atoms. The molecule has 2 amide bonds. The van der Waals surface area contributed by atoms with Crippen LogP contribution in [-0.2, 0) is 9.53 Å². The molecule has 1 aliphatic rings. The Morgan fingerprint density at radius 3 is 2.17 bits per heavy atom. The Morgan fingerprint density at radius 2 is 1.60 bits per heavy atom. The summed E-state index contributed by atoms with van der Waals surface area (Å²) in [5.41, 5.74) is -0.187. The standard InChI is InChI=1S/C22H19F2NO5/c1-12(2)9-18(25-20(27)14-5-3-4-6-15(14)21(25)28)22(29)30-11-19(26)16-10-13(23)7-8-17(16)24/h3-8,10,12,18H,9,11H2,1-2H3/t18-/m1/s1. The zero-order valence-corrected chi connectivity index (χ0v) is 16.4. The summed E-state index contributed by atoms with van der Waals surface area (Å²) in [5, 5.41) is 0. The highest BCUT2D eigenvalue weighted by Gasteiger charge is 2.43. The number of ketones is 1. The maximum atomic E-state index is 13.7. The van der Waals surface area contributed by atoms with E-state index < -0.39 is 53.4 Å². The van der Waals surface area contributed by atoms with E-state index in [1.54, 1.807) is 26.0 Å². The third kappa shape index (κ3) is 4.12. The molecule has 0 saturated carbocycles. The van der Waals surface area contributed by atoms with Crippen molar-refractivity contribution < 1.29 is 32.7 Å². The van der Waals surface area contributed by atoms with Crippen LogP contribution in [0.2, 0.25) is 0 Å². The van der Waals surface area contributed by atoms with Gasteiger partial charge in [0.1, 0.15) is 17.7 Å². The maximum absolute atomic E-state index is 13.7. The normalized spacial score (nSPS) is 14.1. The predicted molar refractivity (Wildman–Crippen MR) is 102 cm³/mol. The van der Waals surface area contributed by atoms with Crippen LogP contribution in [-0.4, -0.2) is 41.1 Å². The number of rotatable bonds is 7. The molecule has 1 heterocycles. The maximum Gasteiger partial charge on any atom is 0.329 e. The van der Waals surface area contributed by atoms with Crippen molar-refractivity contribution in [3.8, 4) is 0 Å². The lowest BCUT2D eigenvalue weighted by molar-refractivity contribution is -0.147. The monoisotopic (exact) mass is 415 g/mol. The number of Topliss-reactive ketones (excluding diaryl/α,β-unsaturated/α-hetero) is 1. The third-order valence-corrected chi connectivity index (χ3v) is 4.68. The quantitative estimate of drug-likeness (QED) is 0.393. The first-order valence-corrected chi connectivity index (χ1v) is 9.32. The minimum absolute atomic E-state index is 0.0803. The number of benzene rings is 2. The van der Waals surface area contributed by atoms with Crippen LogP contribution in [0.3, 0.4) is 0 Å². The largest absolute Gasteiger partial charge is 0.456 e. The number of esters is 1. The van der Waals surface area contributed by atoms with Crippen LogP contribution in [0.25, 0.3) is 0 Å². The van der Waals surface area contributed by atoms with Crippen LogP contribution in [0.1, 0.15) is 51.3 Å². The predicted octanol–water partition coefficient (Wildman–Crippen LogP) is 3.40. The molecule has 1 aliphatic heterocycles. The molecule has 0 unspecified atom stereocenters. The van der Waals surface area contributed by atoms with Crippen molar-refractivity contribution in [1.29, 1.82) is 0 Å². The molecule has 8 heteroatoms. The van der Waals surface area contributed by atoms with Gasteiger partial charge in [-0.2, -0.15) is 0 Å². The number of amides is 2. The van der Waals surface area contributed by atoms with Gasteiger partial charge in [-0.1, -0.05) is 26.0 Å². The Kier molecular flexibility index (Phi) is 6.05. The van der Waals surface area contributed by atoms with Gasteiger partial charge in [-0.25, -0.2) is 13.6 Å². The minimum atomic E-state index is -1.25. The fourth-order valence-corrected chi connectivity index (χ4v) is 3.27. The Bertz CT molecular complexity index is 999. The van der Waals surface area contributed by atoms with Gasteiger partial charge in [0.25, 0.3) is 11.8 Å². The van der Waals surface area contributed by atoms with Gasteiger partial charge in [0, 0.05) is 0 Å². The summed E-state index contributed by atoms with van der Waals surface area (Å²) < 4.78 is 32.0.